The molecule has 0 fully saturated rings. The van der Waals surface area contributed by atoms with Gasteiger partial charge in [0.1, 0.15) is 17.3 Å². The van der Waals surface area contributed by atoms with Crippen molar-refractivity contribution in [3.05, 3.63) is 65.9 Å². The number of fused-ring (bicyclic) bond motifs is 2. The Morgan fingerprint density at radius 2 is 1.94 bits per heavy atom. The van der Waals surface area contributed by atoms with E-state index in [0.717, 1.165) is 44.8 Å². The first kappa shape index (κ1) is 18.9. The van der Waals surface area contributed by atoms with Crippen LogP contribution in [0.1, 0.15) is 11.1 Å². The van der Waals surface area contributed by atoms with Crippen molar-refractivity contribution < 1.29 is 9.53 Å². The van der Waals surface area contributed by atoms with Crippen LogP contribution in [0.2, 0.25) is 0 Å². The van der Waals surface area contributed by atoms with Crippen LogP contribution in [0, 0.1) is 0 Å². The van der Waals surface area contributed by atoms with E-state index >= 15 is 0 Å². The van der Waals surface area contributed by atoms with Crippen LogP contribution in [0.3, 0.4) is 0 Å². The summed E-state index contributed by atoms with van der Waals surface area (Å²) in [5.41, 5.74) is 5.82. The van der Waals surface area contributed by atoms with E-state index in [1.54, 1.807) is 7.11 Å². The topological polar surface area (TPSA) is 83.1 Å². The second-order valence-electron chi connectivity index (χ2n) is 7.60. The lowest BCUT2D eigenvalue weighted by molar-refractivity contribution is -0.110. The molecule has 0 saturated heterocycles. The molecule has 1 aliphatic rings. The van der Waals surface area contributed by atoms with E-state index in [2.05, 4.69) is 20.5 Å². The van der Waals surface area contributed by atoms with Gasteiger partial charge in [0.05, 0.1) is 12.6 Å². The fourth-order valence-electron chi connectivity index (χ4n) is 3.74. The van der Waals surface area contributed by atoms with Crippen molar-refractivity contribution >= 4 is 40.0 Å². The first-order valence-corrected chi connectivity index (χ1v) is 9.87. The molecule has 0 saturated carbocycles. The SMILES string of the molecule is COc1ccc2c(c1)/C(=C\c1ccc3c(-c4ccc(N(C)C)nc4)n[nH]c3c1)C(=O)N2. The summed E-state index contributed by atoms with van der Waals surface area (Å²) in [6.45, 7) is 0. The lowest BCUT2D eigenvalue weighted by atomic mass is 10.0. The Morgan fingerprint density at radius 3 is 2.68 bits per heavy atom. The molecule has 7 nitrogen and oxygen atoms in total. The lowest BCUT2D eigenvalue weighted by Crippen LogP contribution is -2.09. The molecule has 0 spiro atoms. The number of aromatic nitrogens is 3. The number of methoxy groups -OCH3 is 1. The number of hydrogen-bond acceptors (Lipinski definition) is 5. The fraction of sp³-hybridized carbons (Fsp3) is 0.125. The van der Waals surface area contributed by atoms with Crippen LogP contribution in [0.25, 0.3) is 33.8 Å². The predicted octanol–water partition coefficient (Wildman–Crippen LogP) is 4.19. The highest BCUT2D eigenvalue weighted by Crippen LogP contribution is 2.36. The summed E-state index contributed by atoms with van der Waals surface area (Å²) >= 11 is 0. The Hall–Kier alpha value is -4.13. The second kappa shape index (κ2) is 7.28. The molecule has 4 aromatic rings. The number of anilines is 2. The Balaban J connectivity index is 1.52. The van der Waals surface area contributed by atoms with Crippen LogP contribution in [-0.4, -0.2) is 42.3 Å². The van der Waals surface area contributed by atoms with Crippen LogP contribution in [0.5, 0.6) is 5.75 Å². The maximum absolute atomic E-state index is 12.5. The number of hydrogen-bond donors (Lipinski definition) is 2. The zero-order valence-corrected chi connectivity index (χ0v) is 17.4. The van der Waals surface area contributed by atoms with Crippen molar-refractivity contribution in [1.82, 2.24) is 15.2 Å². The number of rotatable bonds is 4. The van der Waals surface area contributed by atoms with Crippen LogP contribution < -0.4 is 15.0 Å². The van der Waals surface area contributed by atoms with Crippen molar-refractivity contribution in [1.29, 1.82) is 0 Å². The Kier molecular flexibility index (Phi) is 4.43. The molecule has 1 aliphatic heterocycles. The molecule has 0 radical (unpaired) electrons. The van der Waals surface area contributed by atoms with E-state index in [0.29, 0.717) is 11.3 Å². The summed E-state index contributed by atoms with van der Waals surface area (Å²) in [6, 6.07) is 15.5. The molecule has 154 valence electrons. The van der Waals surface area contributed by atoms with Crippen molar-refractivity contribution in [3.8, 4) is 17.0 Å². The number of nitrogens with zero attached hydrogens (tertiary/aromatic N) is 3. The van der Waals surface area contributed by atoms with Crippen molar-refractivity contribution in [2.75, 3.05) is 31.4 Å². The molecule has 1 amide bonds. The first-order valence-electron chi connectivity index (χ1n) is 9.87. The average molecular weight is 411 g/mol. The predicted molar refractivity (Wildman–Crippen MR) is 123 cm³/mol. The van der Waals surface area contributed by atoms with Gasteiger partial charge in [0.25, 0.3) is 5.91 Å². The summed E-state index contributed by atoms with van der Waals surface area (Å²) in [7, 11) is 5.53. The number of benzene rings is 2. The number of aromatic amines is 1. The van der Waals surface area contributed by atoms with Gasteiger partial charge in [0.15, 0.2) is 0 Å². The number of carbonyl (C=O) groups is 1. The van der Waals surface area contributed by atoms with Gasteiger partial charge in [-0.1, -0.05) is 6.07 Å². The highest BCUT2D eigenvalue weighted by molar-refractivity contribution is 6.35. The Morgan fingerprint density at radius 1 is 1.06 bits per heavy atom. The van der Waals surface area contributed by atoms with Crippen LogP contribution >= 0.6 is 0 Å². The van der Waals surface area contributed by atoms with Crippen molar-refractivity contribution in [2.24, 2.45) is 0 Å². The number of H-pyrrole nitrogens is 1. The van der Waals surface area contributed by atoms with Gasteiger partial charge < -0.3 is 15.0 Å². The number of carbonyl (C=O) groups excluding carboxylic acids is 1. The molecule has 5 rings (SSSR count). The molecule has 2 N–H and O–H groups in total. The average Bonchev–Trinajstić information content (AvgIpc) is 3.34. The van der Waals surface area contributed by atoms with Crippen LogP contribution in [-0.2, 0) is 4.79 Å². The maximum Gasteiger partial charge on any atom is 0.256 e. The minimum absolute atomic E-state index is 0.124. The Labute approximate surface area is 179 Å². The molecule has 0 atom stereocenters. The monoisotopic (exact) mass is 411 g/mol. The first-order chi connectivity index (χ1) is 15.0. The molecule has 3 heterocycles. The van der Waals surface area contributed by atoms with Crippen LogP contribution in [0.15, 0.2) is 54.7 Å². The van der Waals surface area contributed by atoms with E-state index in [1.807, 2.05) is 79.8 Å². The van der Waals surface area contributed by atoms with Crippen LogP contribution in [0.4, 0.5) is 11.5 Å². The summed E-state index contributed by atoms with van der Waals surface area (Å²) in [4.78, 5) is 18.9. The fourth-order valence-corrected chi connectivity index (χ4v) is 3.74. The van der Waals surface area contributed by atoms with E-state index in [4.69, 9.17) is 4.74 Å². The highest BCUT2D eigenvalue weighted by atomic mass is 16.5. The van der Waals surface area contributed by atoms with Gasteiger partial charge >= 0.3 is 0 Å². The van der Waals surface area contributed by atoms with E-state index in [-0.39, 0.29) is 5.91 Å². The van der Waals surface area contributed by atoms with Gasteiger partial charge in [-0.3, -0.25) is 9.89 Å². The number of amides is 1. The number of ether oxygens (including phenoxy) is 1. The zero-order chi connectivity index (χ0) is 21.5. The second-order valence-corrected chi connectivity index (χ2v) is 7.60. The highest BCUT2D eigenvalue weighted by Gasteiger charge is 2.24. The molecule has 0 unspecified atom stereocenters. The summed E-state index contributed by atoms with van der Waals surface area (Å²) in [6.07, 6.45) is 3.71. The molecule has 31 heavy (non-hydrogen) atoms. The van der Waals surface area contributed by atoms with Gasteiger partial charge in [-0.2, -0.15) is 5.10 Å². The number of nitrogens with one attached hydrogen (secondary N) is 2. The summed E-state index contributed by atoms with van der Waals surface area (Å²) in [5, 5.41) is 11.5. The molecule has 2 aromatic carbocycles. The summed E-state index contributed by atoms with van der Waals surface area (Å²) < 4.78 is 5.31. The molecule has 7 heteroatoms. The molecular weight excluding hydrogens is 390 g/mol. The van der Waals surface area contributed by atoms with Gasteiger partial charge in [0, 0.05) is 48.1 Å². The quantitative estimate of drug-likeness (QED) is 0.492. The third-order valence-corrected chi connectivity index (χ3v) is 5.39. The zero-order valence-electron chi connectivity index (χ0n) is 17.4. The van der Waals surface area contributed by atoms with Gasteiger partial charge in [-0.15, -0.1) is 0 Å². The van der Waals surface area contributed by atoms with E-state index < -0.39 is 0 Å². The Bertz CT molecular complexity index is 1340. The standard InChI is InChI=1S/C24H21N5O2/c1-29(2)22-9-5-15(13-25-22)23-17-7-4-14(11-21(17)27-28-23)10-19-18-12-16(31-3)6-8-20(18)26-24(19)30/h4-13H,1-3H3,(H,26,30)(H,27,28)/b19-10+. The van der Waals surface area contributed by atoms with E-state index in [1.165, 1.54) is 0 Å². The minimum Gasteiger partial charge on any atom is -0.497 e. The normalized spacial score (nSPS) is 14.0. The minimum atomic E-state index is -0.124. The maximum atomic E-state index is 12.5. The third kappa shape index (κ3) is 3.30. The largest absolute Gasteiger partial charge is 0.497 e. The lowest BCUT2D eigenvalue weighted by Gasteiger charge is -2.10. The van der Waals surface area contributed by atoms with Crippen molar-refractivity contribution in [2.45, 2.75) is 0 Å². The van der Waals surface area contributed by atoms with Gasteiger partial charge in [-0.05, 0) is 54.1 Å². The molecular formula is C24H21N5O2. The van der Waals surface area contributed by atoms with Gasteiger partial charge in [0.2, 0.25) is 0 Å². The third-order valence-electron chi connectivity index (χ3n) is 5.39. The number of pyridine rings is 1. The van der Waals surface area contributed by atoms with Crippen molar-refractivity contribution in [3.63, 3.8) is 0 Å². The van der Waals surface area contributed by atoms with Gasteiger partial charge in [-0.25, -0.2) is 4.98 Å². The molecule has 0 aliphatic carbocycles. The van der Waals surface area contributed by atoms with E-state index in [9.17, 15) is 4.79 Å². The molecule has 0 bridgehead atoms. The smallest absolute Gasteiger partial charge is 0.256 e. The summed E-state index contributed by atoms with van der Waals surface area (Å²) in [5.74, 6) is 1.48. The molecule has 2 aromatic heterocycles.